The number of aryl methyl sites for hydroxylation is 2. The van der Waals surface area contributed by atoms with Crippen molar-refractivity contribution in [2.24, 2.45) is 0 Å². The topological polar surface area (TPSA) is 93.2 Å². The van der Waals surface area contributed by atoms with Gasteiger partial charge in [0.15, 0.2) is 0 Å². The van der Waals surface area contributed by atoms with E-state index in [1.807, 2.05) is 6.92 Å². The van der Waals surface area contributed by atoms with Crippen LogP contribution in [0.4, 0.5) is 5.69 Å². The number of nitrogens with zero attached hydrogens (tertiary/aromatic N) is 2. The zero-order chi connectivity index (χ0) is 15.5. The molecule has 6 nitrogen and oxygen atoms in total. The number of aromatic nitrogens is 2. The Kier molecular flexibility index (Phi) is 4.88. The predicted molar refractivity (Wildman–Crippen MR) is 82.0 cm³/mol. The Hall–Kier alpha value is -1.56. The highest BCUT2D eigenvalue weighted by Gasteiger charge is 2.29. The molecular weight excluding hydrogens is 268 g/mol. The van der Waals surface area contributed by atoms with Crippen molar-refractivity contribution in [1.29, 1.82) is 0 Å². The second-order valence-corrected chi connectivity index (χ2v) is 5.98. The maximum absolute atomic E-state index is 12.4. The first kappa shape index (κ1) is 15.8. The Labute approximate surface area is 125 Å². The van der Waals surface area contributed by atoms with Gasteiger partial charge in [0.1, 0.15) is 5.69 Å². The van der Waals surface area contributed by atoms with Crippen LogP contribution in [0.1, 0.15) is 61.6 Å². The van der Waals surface area contributed by atoms with Gasteiger partial charge in [-0.05, 0) is 26.7 Å². The van der Waals surface area contributed by atoms with Crippen LogP contribution < -0.4 is 11.1 Å². The second-order valence-electron chi connectivity index (χ2n) is 5.98. The van der Waals surface area contributed by atoms with Gasteiger partial charge >= 0.3 is 0 Å². The first-order valence-corrected chi connectivity index (χ1v) is 7.80. The van der Waals surface area contributed by atoms with Gasteiger partial charge < -0.3 is 16.2 Å². The molecule has 0 saturated heterocycles. The van der Waals surface area contributed by atoms with Crippen molar-refractivity contribution in [3.05, 3.63) is 11.4 Å². The molecule has 0 spiro atoms. The minimum absolute atomic E-state index is 0.257. The van der Waals surface area contributed by atoms with Crippen LogP contribution in [0.5, 0.6) is 0 Å². The van der Waals surface area contributed by atoms with E-state index in [0.717, 1.165) is 38.5 Å². The van der Waals surface area contributed by atoms with Crippen molar-refractivity contribution in [3.8, 4) is 0 Å². The number of nitrogens with two attached hydrogens (primary N) is 1. The van der Waals surface area contributed by atoms with Crippen molar-refractivity contribution < 1.29 is 9.90 Å². The van der Waals surface area contributed by atoms with Gasteiger partial charge in [0, 0.05) is 13.1 Å². The highest BCUT2D eigenvalue weighted by Crippen LogP contribution is 2.26. The summed E-state index contributed by atoms with van der Waals surface area (Å²) in [4.78, 5) is 12.4. The minimum atomic E-state index is -0.785. The number of hydrogen-bond acceptors (Lipinski definition) is 4. The summed E-state index contributed by atoms with van der Waals surface area (Å²) in [6, 6.07) is 0. The fourth-order valence-corrected chi connectivity index (χ4v) is 2.96. The predicted octanol–water partition coefficient (Wildman–Crippen LogP) is 1.61. The Bertz CT molecular complexity index is 502. The summed E-state index contributed by atoms with van der Waals surface area (Å²) >= 11 is 0. The highest BCUT2D eigenvalue weighted by molar-refractivity contribution is 5.98. The fraction of sp³-hybridized carbons (Fsp3) is 0.733. The lowest BCUT2D eigenvalue weighted by molar-refractivity contribution is 0.0245. The number of nitrogens with one attached hydrogen (secondary N) is 1. The van der Waals surface area contributed by atoms with Gasteiger partial charge in [-0.15, -0.1) is 0 Å². The normalized spacial score (nSPS) is 18.2. The lowest BCUT2D eigenvalue weighted by Crippen LogP contribution is -2.43. The van der Waals surface area contributed by atoms with Crippen molar-refractivity contribution in [3.63, 3.8) is 0 Å². The molecular formula is C15H26N4O2. The average molecular weight is 294 g/mol. The third kappa shape index (κ3) is 3.56. The van der Waals surface area contributed by atoms with Crippen LogP contribution in [0.3, 0.4) is 0 Å². The molecule has 1 amide bonds. The van der Waals surface area contributed by atoms with Gasteiger partial charge in [-0.1, -0.05) is 25.7 Å². The van der Waals surface area contributed by atoms with Crippen LogP contribution in [-0.2, 0) is 6.54 Å². The van der Waals surface area contributed by atoms with E-state index in [4.69, 9.17) is 5.73 Å². The maximum atomic E-state index is 12.4. The van der Waals surface area contributed by atoms with Crippen LogP contribution in [-0.4, -0.2) is 32.9 Å². The molecule has 118 valence electrons. The van der Waals surface area contributed by atoms with Crippen molar-refractivity contribution >= 4 is 11.6 Å². The van der Waals surface area contributed by atoms with E-state index >= 15 is 0 Å². The largest absolute Gasteiger partial charge is 0.395 e. The molecule has 1 aliphatic carbocycles. The van der Waals surface area contributed by atoms with Crippen LogP contribution in [0.2, 0.25) is 0 Å². The first-order valence-electron chi connectivity index (χ1n) is 7.80. The number of rotatable bonds is 4. The highest BCUT2D eigenvalue weighted by atomic mass is 16.3. The van der Waals surface area contributed by atoms with E-state index in [-0.39, 0.29) is 12.5 Å². The molecule has 0 unspecified atom stereocenters. The summed E-state index contributed by atoms with van der Waals surface area (Å²) in [5, 5.41) is 17.7. The summed E-state index contributed by atoms with van der Waals surface area (Å²) in [6.07, 6.45) is 5.83. The van der Waals surface area contributed by atoms with Gasteiger partial charge in [-0.25, -0.2) is 0 Å². The third-order valence-corrected chi connectivity index (χ3v) is 4.30. The molecule has 1 aliphatic rings. The summed E-state index contributed by atoms with van der Waals surface area (Å²) in [5.41, 5.74) is 6.63. The molecule has 21 heavy (non-hydrogen) atoms. The summed E-state index contributed by atoms with van der Waals surface area (Å²) in [5.74, 6) is -0.257. The molecule has 2 rings (SSSR count). The number of nitrogen functional groups attached to an aromatic ring is 1. The van der Waals surface area contributed by atoms with Gasteiger partial charge in [-0.2, -0.15) is 5.10 Å². The molecule has 0 bridgehead atoms. The SMILES string of the molecule is CCn1nc(C)c(N)c1C(=O)NCC1(O)CCCCCC1. The standard InChI is InChI=1S/C15H26N4O2/c1-3-19-13(12(16)11(2)18-19)14(20)17-10-15(21)8-6-4-5-7-9-15/h21H,3-10,16H2,1-2H3,(H,17,20). The van der Waals surface area contributed by atoms with Crippen LogP contribution in [0.15, 0.2) is 0 Å². The summed E-state index contributed by atoms with van der Waals surface area (Å²) in [6.45, 7) is 4.57. The Balaban J connectivity index is 2.04. The Morgan fingerprint density at radius 2 is 2.00 bits per heavy atom. The van der Waals surface area contributed by atoms with E-state index in [1.54, 1.807) is 11.6 Å². The maximum Gasteiger partial charge on any atom is 0.271 e. The number of carbonyl (C=O) groups excluding carboxylic acids is 1. The second kappa shape index (κ2) is 6.47. The molecule has 4 N–H and O–H groups in total. The molecule has 0 aliphatic heterocycles. The van der Waals surface area contributed by atoms with Gasteiger partial charge in [-0.3, -0.25) is 9.48 Å². The smallest absolute Gasteiger partial charge is 0.271 e. The Morgan fingerprint density at radius 1 is 1.38 bits per heavy atom. The molecule has 1 fully saturated rings. The number of hydrogen-bond donors (Lipinski definition) is 3. The zero-order valence-electron chi connectivity index (χ0n) is 13.0. The molecule has 0 atom stereocenters. The minimum Gasteiger partial charge on any atom is -0.395 e. The van der Waals surface area contributed by atoms with Gasteiger partial charge in [0.2, 0.25) is 0 Å². The molecule has 1 saturated carbocycles. The zero-order valence-corrected chi connectivity index (χ0v) is 13.0. The van der Waals surface area contributed by atoms with Crippen LogP contribution in [0.25, 0.3) is 0 Å². The van der Waals surface area contributed by atoms with E-state index in [1.165, 1.54) is 0 Å². The molecule has 1 heterocycles. The number of carbonyl (C=O) groups is 1. The number of amides is 1. The number of aliphatic hydroxyl groups is 1. The first-order chi connectivity index (χ1) is 9.97. The molecule has 1 aromatic heterocycles. The van der Waals surface area contributed by atoms with Crippen molar-refractivity contribution in [2.45, 2.75) is 64.5 Å². The quantitative estimate of drug-likeness (QED) is 0.735. The summed E-state index contributed by atoms with van der Waals surface area (Å²) < 4.78 is 1.61. The van der Waals surface area contributed by atoms with E-state index in [2.05, 4.69) is 10.4 Å². The summed E-state index contributed by atoms with van der Waals surface area (Å²) in [7, 11) is 0. The van der Waals surface area contributed by atoms with Gasteiger partial charge in [0.25, 0.3) is 5.91 Å². The Morgan fingerprint density at radius 3 is 2.57 bits per heavy atom. The number of anilines is 1. The van der Waals surface area contributed by atoms with Crippen molar-refractivity contribution in [2.75, 3.05) is 12.3 Å². The fourth-order valence-electron chi connectivity index (χ4n) is 2.96. The van der Waals surface area contributed by atoms with E-state index < -0.39 is 5.60 Å². The van der Waals surface area contributed by atoms with E-state index in [9.17, 15) is 9.90 Å². The molecule has 1 aromatic rings. The molecule has 0 radical (unpaired) electrons. The monoisotopic (exact) mass is 294 g/mol. The lowest BCUT2D eigenvalue weighted by Gasteiger charge is -2.26. The van der Waals surface area contributed by atoms with E-state index in [0.29, 0.717) is 23.6 Å². The lowest BCUT2D eigenvalue weighted by atomic mass is 9.94. The van der Waals surface area contributed by atoms with Crippen molar-refractivity contribution in [1.82, 2.24) is 15.1 Å². The molecule has 6 heteroatoms. The van der Waals surface area contributed by atoms with Crippen LogP contribution >= 0.6 is 0 Å². The molecule has 0 aromatic carbocycles. The van der Waals surface area contributed by atoms with Gasteiger partial charge in [0.05, 0.1) is 17.0 Å². The third-order valence-electron chi connectivity index (χ3n) is 4.30. The van der Waals surface area contributed by atoms with Crippen LogP contribution in [0, 0.1) is 6.92 Å². The average Bonchev–Trinajstić information content (AvgIpc) is 2.63.